The summed E-state index contributed by atoms with van der Waals surface area (Å²) in [4.78, 5) is 0. The summed E-state index contributed by atoms with van der Waals surface area (Å²) in [5.74, 6) is -0.854. The van der Waals surface area contributed by atoms with Crippen LogP contribution in [0, 0.1) is 11.6 Å². The van der Waals surface area contributed by atoms with Gasteiger partial charge >= 0.3 is 0 Å². The molecule has 0 aromatic heterocycles. The third kappa shape index (κ3) is 3.40. The summed E-state index contributed by atoms with van der Waals surface area (Å²) >= 11 is 5.88. The summed E-state index contributed by atoms with van der Waals surface area (Å²) < 4.78 is 27.3. The van der Waals surface area contributed by atoms with Crippen LogP contribution in [0.5, 0.6) is 0 Å². The van der Waals surface area contributed by atoms with E-state index in [2.05, 4.69) is 0 Å². The minimum absolute atomic E-state index is 0.0545. The van der Waals surface area contributed by atoms with Crippen LogP contribution in [-0.4, -0.2) is 18.3 Å². The lowest BCUT2D eigenvalue weighted by Gasteiger charge is -2.31. The minimum atomic E-state index is -0.951. The second-order valence-electron chi connectivity index (χ2n) is 5.07. The highest BCUT2D eigenvalue weighted by molar-refractivity contribution is 6.30. The maximum absolute atomic E-state index is 13.9. The van der Waals surface area contributed by atoms with E-state index >= 15 is 0 Å². The standard InChI is InChI=1S/C16H16ClF2NO/c17-13-4-5-15(19)11(6-13)8-16(9-20,10-21)12-2-1-3-14(18)7-12/h1-7,21H,8-10,20H2. The SMILES string of the molecule is NCC(CO)(Cc1cc(Cl)ccc1F)c1cccc(F)c1. The molecule has 0 aliphatic carbocycles. The molecule has 2 aromatic rings. The van der Waals surface area contributed by atoms with Crippen molar-refractivity contribution in [3.63, 3.8) is 0 Å². The summed E-state index contributed by atoms with van der Waals surface area (Å²) in [6.07, 6.45) is 0.135. The molecule has 0 bridgehead atoms. The van der Waals surface area contributed by atoms with E-state index in [1.165, 1.54) is 30.3 Å². The molecule has 0 saturated carbocycles. The molecule has 0 spiro atoms. The van der Waals surface area contributed by atoms with Gasteiger partial charge in [-0.1, -0.05) is 23.7 Å². The number of aliphatic hydroxyl groups is 1. The Kier molecular flexibility index (Phi) is 4.93. The van der Waals surface area contributed by atoms with Crippen molar-refractivity contribution in [3.05, 3.63) is 70.2 Å². The van der Waals surface area contributed by atoms with Crippen LogP contribution >= 0.6 is 11.6 Å². The quantitative estimate of drug-likeness (QED) is 0.891. The molecule has 112 valence electrons. The van der Waals surface area contributed by atoms with Crippen LogP contribution in [-0.2, 0) is 11.8 Å². The first-order chi connectivity index (χ1) is 10.0. The Morgan fingerprint density at radius 1 is 1.14 bits per heavy atom. The second kappa shape index (κ2) is 6.52. The van der Waals surface area contributed by atoms with Gasteiger partial charge in [0.1, 0.15) is 11.6 Å². The largest absolute Gasteiger partial charge is 0.395 e. The molecule has 3 N–H and O–H groups in total. The predicted molar refractivity (Wildman–Crippen MR) is 79.3 cm³/mol. The average molecular weight is 312 g/mol. The fourth-order valence-electron chi connectivity index (χ4n) is 2.37. The zero-order chi connectivity index (χ0) is 15.5. The van der Waals surface area contributed by atoms with Crippen molar-refractivity contribution in [2.24, 2.45) is 5.73 Å². The molecule has 21 heavy (non-hydrogen) atoms. The Morgan fingerprint density at radius 3 is 2.52 bits per heavy atom. The first-order valence-electron chi connectivity index (χ1n) is 6.52. The molecule has 5 heteroatoms. The summed E-state index contributed by atoms with van der Waals surface area (Å²) in [6.45, 7) is -0.266. The van der Waals surface area contributed by atoms with E-state index in [0.717, 1.165) is 0 Å². The topological polar surface area (TPSA) is 46.2 Å². The molecule has 2 aromatic carbocycles. The van der Waals surface area contributed by atoms with Gasteiger partial charge in [0.2, 0.25) is 0 Å². The van der Waals surface area contributed by atoms with Crippen molar-refractivity contribution >= 4 is 11.6 Å². The summed E-state index contributed by atoms with van der Waals surface area (Å²) in [6, 6.07) is 10.0. The highest BCUT2D eigenvalue weighted by atomic mass is 35.5. The van der Waals surface area contributed by atoms with Crippen molar-refractivity contribution in [2.75, 3.05) is 13.2 Å². The van der Waals surface area contributed by atoms with Crippen molar-refractivity contribution < 1.29 is 13.9 Å². The Hall–Kier alpha value is -1.49. The lowest BCUT2D eigenvalue weighted by molar-refractivity contribution is 0.195. The second-order valence-corrected chi connectivity index (χ2v) is 5.50. The van der Waals surface area contributed by atoms with Gasteiger partial charge in [-0.05, 0) is 47.9 Å². The molecule has 0 saturated heterocycles. The summed E-state index contributed by atoms with van der Waals surface area (Å²) in [5.41, 5.74) is 5.72. The molecule has 0 fully saturated rings. The van der Waals surface area contributed by atoms with Gasteiger partial charge in [0.25, 0.3) is 0 Å². The van der Waals surface area contributed by atoms with Crippen molar-refractivity contribution in [2.45, 2.75) is 11.8 Å². The summed E-state index contributed by atoms with van der Waals surface area (Å²) in [7, 11) is 0. The fraction of sp³-hybridized carbons (Fsp3) is 0.250. The van der Waals surface area contributed by atoms with Gasteiger partial charge in [0, 0.05) is 17.0 Å². The van der Waals surface area contributed by atoms with Crippen LogP contribution in [0.1, 0.15) is 11.1 Å². The molecule has 1 atom stereocenters. The van der Waals surface area contributed by atoms with Gasteiger partial charge in [0.15, 0.2) is 0 Å². The molecule has 0 amide bonds. The Morgan fingerprint density at radius 2 is 1.90 bits per heavy atom. The number of halogens is 3. The average Bonchev–Trinajstić information content (AvgIpc) is 2.48. The number of benzene rings is 2. The smallest absolute Gasteiger partial charge is 0.126 e. The number of hydrogen-bond acceptors (Lipinski definition) is 2. The van der Waals surface area contributed by atoms with Gasteiger partial charge in [-0.2, -0.15) is 0 Å². The van der Waals surface area contributed by atoms with Gasteiger partial charge in [-0.25, -0.2) is 8.78 Å². The monoisotopic (exact) mass is 311 g/mol. The predicted octanol–water partition coefficient (Wildman–Crippen LogP) is 3.05. The van der Waals surface area contributed by atoms with Gasteiger partial charge < -0.3 is 10.8 Å². The molecular weight excluding hydrogens is 296 g/mol. The number of hydrogen-bond donors (Lipinski definition) is 2. The third-order valence-corrected chi connectivity index (χ3v) is 3.90. The van der Waals surface area contributed by atoms with E-state index in [0.29, 0.717) is 16.1 Å². The number of aliphatic hydroxyl groups excluding tert-OH is 1. The maximum Gasteiger partial charge on any atom is 0.126 e. The van der Waals surface area contributed by atoms with E-state index in [1.807, 2.05) is 0 Å². The molecule has 2 nitrogen and oxygen atoms in total. The lowest BCUT2D eigenvalue weighted by Crippen LogP contribution is -2.41. The highest BCUT2D eigenvalue weighted by Gasteiger charge is 2.32. The van der Waals surface area contributed by atoms with E-state index in [9.17, 15) is 13.9 Å². The van der Waals surface area contributed by atoms with E-state index < -0.39 is 17.0 Å². The van der Waals surface area contributed by atoms with Crippen LogP contribution in [0.2, 0.25) is 5.02 Å². The van der Waals surface area contributed by atoms with E-state index in [-0.39, 0.29) is 19.6 Å². The van der Waals surface area contributed by atoms with Crippen LogP contribution in [0.25, 0.3) is 0 Å². The minimum Gasteiger partial charge on any atom is -0.395 e. The Bertz CT molecular complexity index is 629. The maximum atomic E-state index is 13.9. The molecule has 1 unspecified atom stereocenters. The van der Waals surface area contributed by atoms with Crippen molar-refractivity contribution in [1.29, 1.82) is 0 Å². The molecule has 2 rings (SSSR count). The van der Waals surface area contributed by atoms with Crippen LogP contribution in [0.15, 0.2) is 42.5 Å². The van der Waals surface area contributed by atoms with Crippen molar-refractivity contribution in [1.82, 2.24) is 0 Å². The molecule has 0 heterocycles. The van der Waals surface area contributed by atoms with Gasteiger partial charge in [-0.15, -0.1) is 0 Å². The van der Waals surface area contributed by atoms with Crippen molar-refractivity contribution in [3.8, 4) is 0 Å². The van der Waals surface area contributed by atoms with Crippen LogP contribution in [0.3, 0.4) is 0 Å². The van der Waals surface area contributed by atoms with E-state index in [1.54, 1.807) is 12.1 Å². The summed E-state index contributed by atoms with van der Waals surface area (Å²) in [5, 5.41) is 10.2. The van der Waals surface area contributed by atoms with Gasteiger partial charge in [-0.3, -0.25) is 0 Å². The lowest BCUT2D eigenvalue weighted by atomic mass is 9.76. The zero-order valence-corrected chi connectivity index (χ0v) is 12.1. The molecule has 0 aliphatic heterocycles. The number of nitrogens with two attached hydrogens (primary N) is 1. The van der Waals surface area contributed by atoms with Crippen LogP contribution in [0.4, 0.5) is 8.78 Å². The Balaban J connectivity index is 2.45. The highest BCUT2D eigenvalue weighted by Crippen LogP contribution is 2.30. The first kappa shape index (κ1) is 15.9. The normalized spacial score (nSPS) is 14.0. The molecule has 0 aliphatic rings. The Labute approximate surface area is 127 Å². The van der Waals surface area contributed by atoms with E-state index in [4.69, 9.17) is 17.3 Å². The zero-order valence-electron chi connectivity index (χ0n) is 11.3. The molecular formula is C16H16ClF2NO. The van der Waals surface area contributed by atoms with Gasteiger partial charge in [0.05, 0.1) is 6.61 Å². The fourth-order valence-corrected chi connectivity index (χ4v) is 2.56. The third-order valence-electron chi connectivity index (χ3n) is 3.67. The number of rotatable bonds is 5. The first-order valence-corrected chi connectivity index (χ1v) is 6.89. The molecule has 0 radical (unpaired) electrons. The van der Waals surface area contributed by atoms with Crippen LogP contribution < -0.4 is 5.73 Å².